The zero-order chi connectivity index (χ0) is 9.90. The predicted octanol–water partition coefficient (Wildman–Crippen LogP) is 0.00620. The van der Waals surface area contributed by atoms with Gasteiger partial charge in [-0.2, -0.15) is 0 Å². The summed E-state index contributed by atoms with van der Waals surface area (Å²) < 4.78 is 4.76. The van der Waals surface area contributed by atoms with Crippen LogP contribution in [0.1, 0.15) is 19.8 Å². The fraction of sp³-hybridized carbons (Fsp3) is 0.889. The van der Waals surface area contributed by atoms with Crippen LogP contribution in [0.15, 0.2) is 0 Å². The van der Waals surface area contributed by atoms with Gasteiger partial charge in [0.15, 0.2) is 0 Å². The summed E-state index contributed by atoms with van der Waals surface area (Å²) in [5, 5.41) is 9.63. The summed E-state index contributed by atoms with van der Waals surface area (Å²) in [6.07, 6.45) is 1.31. The molecule has 0 aromatic rings. The van der Waals surface area contributed by atoms with Crippen molar-refractivity contribution in [2.24, 2.45) is 0 Å². The molecule has 0 atom stereocenters. The molecule has 4 nitrogen and oxygen atoms in total. The van der Waals surface area contributed by atoms with Gasteiger partial charge in [-0.05, 0) is 19.8 Å². The molecule has 1 aliphatic heterocycles. The number of amides is 1. The molecule has 1 N–H and O–H groups in total. The van der Waals surface area contributed by atoms with Crippen LogP contribution in [-0.4, -0.2) is 48.3 Å². The van der Waals surface area contributed by atoms with Crippen molar-refractivity contribution in [2.75, 3.05) is 26.8 Å². The van der Waals surface area contributed by atoms with Crippen molar-refractivity contribution < 1.29 is 14.6 Å². The molecule has 1 heterocycles. The first-order valence-corrected chi connectivity index (χ1v) is 4.54. The molecular weight excluding hydrogens is 170 g/mol. The summed E-state index contributed by atoms with van der Waals surface area (Å²) in [5.74, 6) is 0.0120. The Morgan fingerprint density at radius 2 is 2.08 bits per heavy atom. The number of likely N-dealkylation sites (tertiary alicyclic amines) is 1. The highest BCUT2D eigenvalue weighted by molar-refractivity contribution is 5.77. The highest BCUT2D eigenvalue weighted by atomic mass is 16.5. The molecule has 0 unspecified atom stereocenters. The van der Waals surface area contributed by atoms with Gasteiger partial charge in [0.1, 0.15) is 6.61 Å². The highest BCUT2D eigenvalue weighted by Gasteiger charge is 2.29. The number of carbonyl (C=O) groups excluding carboxylic acids is 1. The second kappa shape index (κ2) is 4.07. The highest BCUT2D eigenvalue weighted by Crippen LogP contribution is 2.20. The number of methoxy groups -OCH3 is 1. The third-order valence-corrected chi connectivity index (χ3v) is 2.46. The summed E-state index contributed by atoms with van der Waals surface area (Å²) in [6.45, 7) is 3.22. The minimum Gasteiger partial charge on any atom is -0.390 e. The lowest BCUT2D eigenvalue weighted by Gasteiger charge is -2.35. The summed E-state index contributed by atoms with van der Waals surface area (Å²) in [6, 6.07) is 0. The monoisotopic (exact) mass is 187 g/mol. The van der Waals surface area contributed by atoms with Gasteiger partial charge in [0, 0.05) is 20.2 Å². The first kappa shape index (κ1) is 10.5. The van der Waals surface area contributed by atoms with E-state index in [0.717, 1.165) is 0 Å². The third-order valence-electron chi connectivity index (χ3n) is 2.46. The minimum absolute atomic E-state index is 0.0120. The predicted molar refractivity (Wildman–Crippen MR) is 48.3 cm³/mol. The average Bonchev–Trinajstić information content (AvgIpc) is 2.04. The molecule has 0 spiro atoms. The van der Waals surface area contributed by atoms with Crippen LogP contribution in [0.2, 0.25) is 0 Å². The third kappa shape index (κ3) is 2.97. The van der Waals surface area contributed by atoms with Gasteiger partial charge in [0.2, 0.25) is 5.91 Å². The second-order valence-electron chi connectivity index (χ2n) is 3.81. The zero-order valence-corrected chi connectivity index (χ0v) is 8.25. The summed E-state index contributed by atoms with van der Waals surface area (Å²) >= 11 is 0. The molecule has 1 amide bonds. The lowest BCUT2D eigenvalue weighted by atomic mass is 9.94. The van der Waals surface area contributed by atoms with Crippen LogP contribution in [0, 0.1) is 0 Å². The minimum atomic E-state index is -0.593. The Labute approximate surface area is 78.5 Å². The molecule has 1 saturated heterocycles. The maximum Gasteiger partial charge on any atom is 0.248 e. The van der Waals surface area contributed by atoms with Gasteiger partial charge in [0.05, 0.1) is 5.60 Å². The normalized spacial score (nSPS) is 21.6. The summed E-state index contributed by atoms with van der Waals surface area (Å²) in [4.78, 5) is 13.1. The van der Waals surface area contributed by atoms with E-state index < -0.39 is 5.60 Å². The lowest BCUT2D eigenvalue weighted by molar-refractivity contribution is -0.138. The van der Waals surface area contributed by atoms with Crippen molar-refractivity contribution in [3.63, 3.8) is 0 Å². The Morgan fingerprint density at radius 1 is 1.54 bits per heavy atom. The number of aliphatic hydroxyl groups is 1. The Hall–Kier alpha value is -0.610. The van der Waals surface area contributed by atoms with Crippen molar-refractivity contribution in [2.45, 2.75) is 25.4 Å². The van der Waals surface area contributed by atoms with E-state index in [1.165, 1.54) is 7.11 Å². The summed E-state index contributed by atoms with van der Waals surface area (Å²) in [5.41, 5.74) is -0.593. The maximum atomic E-state index is 11.3. The largest absolute Gasteiger partial charge is 0.390 e. The van der Waals surface area contributed by atoms with Gasteiger partial charge >= 0.3 is 0 Å². The van der Waals surface area contributed by atoms with E-state index in [1.54, 1.807) is 4.90 Å². The van der Waals surface area contributed by atoms with E-state index in [9.17, 15) is 9.90 Å². The number of nitrogens with zero attached hydrogens (tertiary/aromatic N) is 1. The fourth-order valence-electron chi connectivity index (χ4n) is 1.45. The van der Waals surface area contributed by atoms with Gasteiger partial charge in [-0.3, -0.25) is 4.79 Å². The van der Waals surface area contributed by atoms with Gasteiger partial charge in [-0.15, -0.1) is 0 Å². The Balaban J connectivity index is 2.36. The average molecular weight is 187 g/mol. The van der Waals surface area contributed by atoms with Crippen molar-refractivity contribution in [3.8, 4) is 0 Å². The molecule has 0 saturated carbocycles. The van der Waals surface area contributed by atoms with Gasteiger partial charge in [-0.25, -0.2) is 0 Å². The summed E-state index contributed by atoms with van der Waals surface area (Å²) in [7, 11) is 1.51. The van der Waals surface area contributed by atoms with E-state index >= 15 is 0 Å². The molecule has 0 bridgehead atoms. The molecule has 1 aliphatic rings. The van der Waals surface area contributed by atoms with Crippen LogP contribution in [0.4, 0.5) is 0 Å². The molecule has 4 heteroatoms. The van der Waals surface area contributed by atoms with Gasteiger partial charge < -0.3 is 14.7 Å². The van der Waals surface area contributed by atoms with E-state index in [1.807, 2.05) is 6.92 Å². The molecule has 13 heavy (non-hydrogen) atoms. The standard InChI is InChI=1S/C9H17NO3/c1-9(12)3-5-10(6-4-9)8(11)7-13-2/h12H,3-7H2,1-2H3. The maximum absolute atomic E-state index is 11.3. The molecule has 0 aromatic carbocycles. The first-order valence-electron chi connectivity index (χ1n) is 4.54. The molecule has 0 aliphatic carbocycles. The number of hydrogen-bond acceptors (Lipinski definition) is 3. The second-order valence-corrected chi connectivity index (χ2v) is 3.81. The first-order chi connectivity index (χ1) is 6.05. The Kier molecular flexibility index (Phi) is 3.27. The number of carbonyl (C=O) groups is 1. The molecule has 0 radical (unpaired) electrons. The van der Waals surface area contributed by atoms with Crippen molar-refractivity contribution in [1.82, 2.24) is 4.90 Å². The molecule has 1 rings (SSSR count). The van der Waals surface area contributed by atoms with Gasteiger partial charge in [-0.1, -0.05) is 0 Å². The SMILES string of the molecule is COCC(=O)N1CCC(C)(O)CC1. The van der Waals surface area contributed by atoms with Crippen molar-refractivity contribution >= 4 is 5.91 Å². The van der Waals surface area contributed by atoms with Crippen LogP contribution < -0.4 is 0 Å². The van der Waals surface area contributed by atoms with Crippen LogP contribution >= 0.6 is 0 Å². The molecule has 0 aromatic heterocycles. The van der Waals surface area contributed by atoms with Gasteiger partial charge in [0.25, 0.3) is 0 Å². The Bertz CT molecular complexity index is 181. The fourth-order valence-corrected chi connectivity index (χ4v) is 1.45. The van der Waals surface area contributed by atoms with Crippen LogP contribution in [-0.2, 0) is 9.53 Å². The van der Waals surface area contributed by atoms with E-state index in [4.69, 9.17) is 4.74 Å². The topological polar surface area (TPSA) is 49.8 Å². The molecular formula is C9H17NO3. The van der Waals surface area contributed by atoms with Crippen LogP contribution in [0.25, 0.3) is 0 Å². The van der Waals surface area contributed by atoms with Crippen molar-refractivity contribution in [1.29, 1.82) is 0 Å². The quantitative estimate of drug-likeness (QED) is 0.662. The number of hydrogen-bond donors (Lipinski definition) is 1. The van der Waals surface area contributed by atoms with Crippen LogP contribution in [0.5, 0.6) is 0 Å². The Morgan fingerprint density at radius 3 is 2.54 bits per heavy atom. The number of rotatable bonds is 2. The van der Waals surface area contributed by atoms with Crippen LogP contribution in [0.3, 0.4) is 0 Å². The lowest BCUT2D eigenvalue weighted by Crippen LogP contribution is -2.46. The van der Waals surface area contributed by atoms with E-state index in [-0.39, 0.29) is 12.5 Å². The molecule has 1 fully saturated rings. The smallest absolute Gasteiger partial charge is 0.248 e. The number of piperidine rings is 1. The van der Waals surface area contributed by atoms with Crippen molar-refractivity contribution in [3.05, 3.63) is 0 Å². The zero-order valence-electron chi connectivity index (χ0n) is 8.25. The number of ether oxygens (including phenoxy) is 1. The van der Waals surface area contributed by atoms with E-state index in [0.29, 0.717) is 25.9 Å². The molecule has 76 valence electrons. The van der Waals surface area contributed by atoms with E-state index in [2.05, 4.69) is 0 Å².